The number of nitrogens with zero attached hydrogens (tertiary/aromatic N) is 2. The third-order valence-corrected chi connectivity index (χ3v) is 9.37. The number of sulfone groups is 1. The number of amides is 1. The number of sulfonamides is 1. The van der Waals surface area contributed by atoms with Crippen molar-refractivity contribution in [2.24, 2.45) is 0 Å². The maximum Gasteiger partial charge on any atom is 0.241 e. The van der Waals surface area contributed by atoms with Crippen LogP contribution in [0.25, 0.3) is 0 Å². The van der Waals surface area contributed by atoms with E-state index in [9.17, 15) is 21.6 Å². The largest absolute Gasteiger partial charge is 0.490 e. The number of nitrogens with one attached hydrogen (secondary N) is 1. The molecule has 0 saturated carbocycles. The average molecular weight is 488 g/mol. The maximum absolute atomic E-state index is 12.9. The lowest BCUT2D eigenvalue weighted by molar-refractivity contribution is -0.134. The Bertz CT molecular complexity index is 1070. The van der Waals surface area contributed by atoms with Crippen LogP contribution in [-0.4, -0.2) is 95.5 Å². The topological polar surface area (TPSA) is 122 Å². The fraction of sp³-hybridized carbons (Fsp3) is 0.650. The molecule has 10 nitrogen and oxygen atoms in total. The van der Waals surface area contributed by atoms with Gasteiger partial charge in [0.05, 0.1) is 35.7 Å². The SMILES string of the molecule is C[C@H](NS(=O)(=O)c1ccc2c(c1)OCCCO2)C(=O)N1CCN([C@H]2CCS(=O)(=O)C2)CC1. The molecule has 2 atom stereocenters. The molecule has 0 aliphatic carbocycles. The first-order valence-electron chi connectivity index (χ1n) is 10.8. The van der Waals surface area contributed by atoms with Gasteiger partial charge in [0.15, 0.2) is 21.3 Å². The van der Waals surface area contributed by atoms with Gasteiger partial charge in [0, 0.05) is 44.7 Å². The number of benzene rings is 1. The molecule has 2 saturated heterocycles. The smallest absolute Gasteiger partial charge is 0.241 e. The van der Waals surface area contributed by atoms with Gasteiger partial charge < -0.3 is 14.4 Å². The Morgan fingerprint density at radius 1 is 1.12 bits per heavy atom. The van der Waals surface area contributed by atoms with E-state index in [1.165, 1.54) is 19.1 Å². The molecule has 2 fully saturated rings. The highest BCUT2D eigenvalue weighted by atomic mass is 32.2. The summed E-state index contributed by atoms with van der Waals surface area (Å²) in [5.41, 5.74) is 0. The van der Waals surface area contributed by atoms with Crippen molar-refractivity contribution in [3.63, 3.8) is 0 Å². The van der Waals surface area contributed by atoms with Crippen molar-refractivity contribution in [2.75, 3.05) is 50.9 Å². The first-order valence-corrected chi connectivity index (χ1v) is 14.1. The van der Waals surface area contributed by atoms with Crippen LogP contribution in [-0.2, 0) is 24.7 Å². The molecule has 32 heavy (non-hydrogen) atoms. The molecule has 3 heterocycles. The average Bonchev–Trinajstić information content (AvgIpc) is 2.97. The van der Waals surface area contributed by atoms with Crippen molar-refractivity contribution < 1.29 is 31.1 Å². The Balaban J connectivity index is 1.35. The molecular weight excluding hydrogens is 458 g/mol. The summed E-state index contributed by atoms with van der Waals surface area (Å²) in [5.74, 6) is 0.955. The number of fused-ring (bicyclic) bond motifs is 1. The van der Waals surface area contributed by atoms with Crippen LogP contribution in [0.2, 0.25) is 0 Å². The first-order chi connectivity index (χ1) is 15.1. The molecule has 0 radical (unpaired) electrons. The van der Waals surface area contributed by atoms with Crippen molar-refractivity contribution in [1.29, 1.82) is 0 Å². The van der Waals surface area contributed by atoms with Crippen molar-refractivity contribution in [3.8, 4) is 11.5 Å². The number of ether oxygens (including phenoxy) is 2. The highest BCUT2D eigenvalue weighted by Gasteiger charge is 2.35. The minimum atomic E-state index is -3.94. The van der Waals surface area contributed by atoms with E-state index in [0.717, 1.165) is 0 Å². The van der Waals surface area contributed by atoms with Crippen LogP contribution in [0.1, 0.15) is 19.8 Å². The predicted molar refractivity (Wildman–Crippen MR) is 117 cm³/mol. The summed E-state index contributed by atoms with van der Waals surface area (Å²) < 4.78 is 62.7. The number of carbonyl (C=O) groups is 1. The quantitative estimate of drug-likeness (QED) is 0.608. The van der Waals surface area contributed by atoms with Crippen LogP contribution in [0.15, 0.2) is 23.1 Å². The second-order valence-corrected chi connectivity index (χ2v) is 12.4. The van der Waals surface area contributed by atoms with E-state index in [2.05, 4.69) is 9.62 Å². The fourth-order valence-corrected chi connectivity index (χ4v) is 7.28. The highest BCUT2D eigenvalue weighted by Crippen LogP contribution is 2.32. The minimum absolute atomic E-state index is 0.00702. The fourth-order valence-electron chi connectivity index (χ4n) is 4.31. The van der Waals surface area contributed by atoms with Gasteiger partial charge in [-0.3, -0.25) is 9.69 Å². The second-order valence-electron chi connectivity index (χ2n) is 8.42. The van der Waals surface area contributed by atoms with Crippen molar-refractivity contribution >= 4 is 25.8 Å². The summed E-state index contributed by atoms with van der Waals surface area (Å²) in [6.45, 7) is 4.50. The molecule has 0 unspecified atom stereocenters. The highest BCUT2D eigenvalue weighted by molar-refractivity contribution is 7.91. The summed E-state index contributed by atoms with van der Waals surface area (Å²) in [6, 6.07) is 3.47. The zero-order valence-corrected chi connectivity index (χ0v) is 19.7. The number of hydrogen-bond acceptors (Lipinski definition) is 8. The molecule has 0 spiro atoms. The molecule has 4 rings (SSSR count). The molecule has 0 bridgehead atoms. The van der Waals surface area contributed by atoms with Crippen LogP contribution in [0.3, 0.4) is 0 Å². The summed E-state index contributed by atoms with van der Waals surface area (Å²) >= 11 is 0. The van der Waals surface area contributed by atoms with Gasteiger partial charge in [-0.25, -0.2) is 16.8 Å². The van der Waals surface area contributed by atoms with Crippen molar-refractivity contribution in [1.82, 2.24) is 14.5 Å². The molecule has 1 aromatic rings. The molecule has 1 aromatic carbocycles. The Morgan fingerprint density at radius 2 is 1.81 bits per heavy atom. The number of piperazine rings is 1. The van der Waals surface area contributed by atoms with Crippen LogP contribution in [0.4, 0.5) is 0 Å². The third-order valence-electron chi connectivity index (χ3n) is 6.08. The summed E-state index contributed by atoms with van der Waals surface area (Å²) in [7, 11) is -6.89. The van der Waals surface area contributed by atoms with E-state index in [1.54, 1.807) is 11.0 Å². The van der Waals surface area contributed by atoms with Gasteiger partial charge in [0.25, 0.3) is 0 Å². The maximum atomic E-state index is 12.9. The van der Waals surface area contributed by atoms with Gasteiger partial charge in [0.1, 0.15) is 0 Å². The predicted octanol–water partition coefficient (Wildman–Crippen LogP) is -0.154. The second kappa shape index (κ2) is 9.16. The number of hydrogen-bond donors (Lipinski definition) is 1. The Labute approximate surface area is 188 Å². The molecule has 1 amide bonds. The van der Waals surface area contributed by atoms with Crippen molar-refractivity contribution in [2.45, 2.75) is 36.7 Å². The van der Waals surface area contributed by atoms with Crippen LogP contribution < -0.4 is 14.2 Å². The molecule has 0 aromatic heterocycles. The lowest BCUT2D eigenvalue weighted by atomic mass is 10.2. The normalized spacial score (nSPS) is 24.7. The van der Waals surface area contributed by atoms with Gasteiger partial charge >= 0.3 is 0 Å². The Hall–Kier alpha value is -1.89. The monoisotopic (exact) mass is 487 g/mol. The van der Waals surface area contributed by atoms with Crippen LogP contribution in [0.5, 0.6) is 11.5 Å². The number of carbonyl (C=O) groups excluding carboxylic acids is 1. The van der Waals surface area contributed by atoms with E-state index >= 15 is 0 Å². The molecule has 3 aliphatic heterocycles. The Kier molecular flexibility index (Phi) is 6.66. The van der Waals surface area contributed by atoms with Crippen LogP contribution in [0, 0.1) is 0 Å². The minimum Gasteiger partial charge on any atom is -0.490 e. The summed E-state index contributed by atoms with van der Waals surface area (Å²) in [4.78, 5) is 16.6. The standard InChI is InChI=1S/C20H29N3O7S2/c1-15(20(24)23-8-6-22(7-9-23)16-5-12-31(25,26)14-16)21-32(27,28)17-3-4-18-19(13-17)30-11-2-10-29-18/h3-4,13,15-16,21H,2,5-12,14H2,1H3/t15-,16-/m0/s1. The van der Waals surface area contributed by atoms with E-state index in [-0.39, 0.29) is 28.4 Å². The van der Waals surface area contributed by atoms with Gasteiger partial charge in [-0.05, 0) is 25.5 Å². The molecule has 178 valence electrons. The lowest BCUT2D eigenvalue weighted by Gasteiger charge is -2.38. The zero-order chi connectivity index (χ0) is 22.9. The van der Waals surface area contributed by atoms with Crippen LogP contribution >= 0.6 is 0 Å². The van der Waals surface area contributed by atoms with E-state index in [4.69, 9.17) is 9.47 Å². The molecule has 12 heteroatoms. The van der Waals surface area contributed by atoms with E-state index < -0.39 is 25.9 Å². The Morgan fingerprint density at radius 3 is 2.47 bits per heavy atom. The molecule has 3 aliphatic rings. The van der Waals surface area contributed by atoms with E-state index in [1.807, 2.05) is 0 Å². The van der Waals surface area contributed by atoms with Gasteiger partial charge in [-0.1, -0.05) is 0 Å². The number of rotatable bonds is 5. The molecular formula is C20H29N3O7S2. The van der Waals surface area contributed by atoms with E-state index in [0.29, 0.717) is 63.7 Å². The van der Waals surface area contributed by atoms with Crippen molar-refractivity contribution in [3.05, 3.63) is 18.2 Å². The zero-order valence-electron chi connectivity index (χ0n) is 18.0. The lowest BCUT2D eigenvalue weighted by Crippen LogP contribution is -2.56. The first kappa shape index (κ1) is 23.3. The third kappa shape index (κ3) is 5.19. The van der Waals surface area contributed by atoms with Gasteiger partial charge in [-0.2, -0.15) is 4.72 Å². The van der Waals surface area contributed by atoms with Gasteiger partial charge in [0.2, 0.25) is 15.9 Å². The summed E-state index contributed by atoms with van der Waals surface area (Å²) in [5, 5.41) is 0. The molecule has 1 N–H and O–H groups in total. The summed E-state index contributed by atoms with van der Waals surface area (Å²) in [6.07, 6.45) is 1.34. The van der Waals surface area contributed by atoms with Gasteiger partial charge in [-0.15, -0.1) is 0 Å².